The Balaban J connectivity index is 1.34. The molecule has 1 unspecified atom stereocenters. The molecule has 5 nitrogen and oxygen atoms in total. The lowest BCUT2D eigenvalue weighted by Crippen LogP contribution is -2.39. The second-order valence-electron chi connectivity index (χ2n) is 7.25. The minimum absolute atomic E-state index is 0.0250. The molecule has 2 aromatic carbocycles. The van der Waals surface area contributed by atoms with Gasteiger partial charge >= 0.3 is 0 Å². The van der Waals surface area contributed by atoms with Crippen LogP contribution in [0, 0.1) is 17.6 Å². The zero-order valence-corrected chi connectivity index (χ0v) is 15.6. The van der Waals surface area contributed by atoms with Gasteiger partial charge in [-0.15, -0.1) is 0 Å². The molecular weight excluding hydrogens is 366 g/mol. The molecule has 2 aliphatic heterocycles. The molecular formula is C21H22F2N2O3. The largest absolute Gasteiger partial charge is 0.454 e. The molecule has 2 aromatic rings. The monoisotopic (exact) mass is 388 g/mol. The van der Waals surface area contributed by atoms with Gasteiger partial charge in [0.05, 0.1) is 0 Å². The first-order valence-corrected chi connectivity index (χ1v) is 9.40. The quantitative estimate of drug-likeness (QED) is 0.857. The molecule has 1 N–H and O–H groups in total. The number of rotatable bonds is 4. The number of fused-ring (bicyclic) bond motifs is 1. The van der Waals surface area contributed by atoms with Crippen molar-refractivity contribution in [2.75, 3.05) is 25.2 Å². The van der Waals surface area contributed by atoms with Crippen molar-refractivity contribution >= 4 is 11.6 Å². The van der Waals surface area contributed by atoms with Gasteiger partial charge in [-0.05, 0) is 62.7 Å². The Morgan fingerprint density at radius 1 is 1.07 bits per heavy atom. The second kappa shape index (κ2) is 7.75. The van der Waals surface area contributed by atoms with E-state index in [0.717, 1.165) is 6.07 Å². The van der Waals surface area contributed by atoms with Crippen molar-refractivity contribution in [3.8, 4) is 11.5 Å². The normalized spacial score (nSPS) is 18.1. The van der Waals surface area contributed by atoms with E-state index < -0.39 is 11.6 Å². The van der Waals surface area contributed by atoms with Crippen LogP contribution >= 0.6 is 0 Å². The number of hydrogen-bond acceptors (Lipinski definition) is 4. The highest BCUT2D eigenvalue weighted by Crippen LogP contribution is 2.35. The van der Waals surface area contributed by atoms with Crippen molar-refractivity contribution in [3.05, 3.63) is 53.6 Å². The van der Waals surface area contributed by atoms with Crippen molar-refractivity contribution in [2.24, 2.45) is 5.92 Å². The zero-order valence-electron chi connectivity index (χ0n) is 15.6. The lowest BCUT2D eigenvalue weighted by molar-refractivity contribution is -0.121. The molecule has 0 aromatic heterocycles. The van der Waals surface area contributed by atoms with Crippen molar-refractivity contribution in [2.45, 2.75) is 25.8 Å². The van der Waals surface area contributed by atoms with E-state index in [-0.39, 0.29) is 24.7 Å². The van der Waals surface area contributed by atoms with E-state index in [2.05, 4.69) is 10.2 Å². The van der Waals surface area contributed by atoms with Gasteiger partial charge in [0.25, 0.3) is 0 Å². The fourth-order valence-electron chi connectivity index (χ4n) is 3.79. The molecule has 1 saturated heterocycles. The van der Waals surface area contributed by atoms with Gasteiger partial charge in [-0.3, -0.25) is 9.69 Å². The number of carbonyl (C=O) groups is 1. The Bertz CT molecular complexity index is 862. The number of anilines is 1. The maximum Gasteiger partial charge on any atom is 0.231 e. The number of nitrogens with zero attached hydrogens (tertiary/aromatic N) is 1. The van der Waals surface area contributed by atoms with Crippen LogP contribution in [0.1, 0.15) is 31.4 Å². The fraction of sp³-hybridized carbons (Fsp3) is 0.381. The average Bonchev–Trinajstić information content (AvgIpc) is 3.14. The lowest BCUT2D eigenvalue weighted by atomic mass is 9.93. The number of ether oxygens (including phenoxy) is 2. The summed E-state index contributed by atoms with van der Waals surface area (Å²) >= 11 is 0. The van der Waals surface area contributed by atoms with Crippen LogP contribution in [0.2, 0.25) is 0 Å². The van der Waals surface area contributed by atoms with Gasteiger partial charge in [-0.1, -0.05) is 0 Å². The van der Waals surface area contributed by atoms with E-state index in [1.807, 2.05) is 6.92 Å². The lowest BCUT2D eigenvalue weighted by Gasteiger charge is -2.35. The minimum atomic E-state index is -0.570. The molecule has 28 heavy (non-hydrogen) atoms. The summed E-state index contributed by atoms with van der Waals surface area (Å²) in [5.74, 6) is 0.0404. The summed E-state index contributed by atoms with van der Waals surface area (Å²) in [6.07, 6.45) is 1.39. The van der Waals surface area contributed by atoms with E-state index in [9.17, 15) is 13.6 Å². The zero-order chi connectivity index (χ0) is 19.7. The topological polar surface area (TPSA) is 50.8 Å². The fourth-order valence-corrected chi connectivity index (χ4v) is 3.79. The van der Waals surface area contributed by atoms with Gasteiger partial charge in [0.2, 0.25) is 12.7 Å². The number of nitrogens with one attached hydrogen (secondary N) is 1. The van der Waals surface area contributed by atoms with Gasteiger partial charge < -0.3 is 14.8 Å². The summed E-state index contributed by atoms with van der Waals surface area (Å²) in [6.45, 7) is 3.51. The molecule has 2 heterocycles. The van der Waals surface area contributed by atoms with Crippen LogP contribution < -0.4 is 14.8 Å². The molecule has 1 atom stereocenters. The second-order valence-corrected chi connectivity index (χ2v) is 7.25. The molecule has 1 amide bonds. The predicted octanol–water partition coefficient (Wildman–Crippen LogP) is 4.11. The standard InChI is InChI=1S/C21H22F2N2O3/c1-13(15-8-16(22)10-17(23)9-15)25-6-4-14(5-7-25)21(26)24-18-2-3-19-20(11-18)28-12-27-19/h2-3,8-11,13-14H,4-7,12H2,1H3,(H,24,26). The summed E-state index contributed by atoms with van der Waals surface area (Å²) in [7, 11) is 0. The maximum absolute atomic E-state index is 13.5. The highest BCUT2D eigenvalue weighted by atomic mass is 19.1. The minimum Gasteiger partial charge on any atom is -0.454 e. The molecule has 2 aliphatic rings. The Labute approximate surface area is 162 Å². The molecule has 0 radical (unpaired) electrons. The smallest absolute Gasteiger partial charge is 0.231 e. The van der Waals surface area contributed by atoms with Gasteiger partial charge in [-0.2, -0.15) is 0 Å². The first-order chi connectivity index (χ1) is 13.5. The average molecular weight is 388 g/mol. The van der Waals surface area contributed by atoms with E-state index in [1.54, 1.807) is 18.2 Å². The molecule has 1 fully saturated rings. The van der Waals surface area contributed by atoms with Gasteiger partial charge in [-0.25, -0.2) is 8.78 Å². The third-order valence-corrected chi connectivity index (χ3v) is 5.46. The first-order valence-electron chi connectivity index (χ1n) is 9.40. The Kier molecular flexibility index (Phi) is 5.17. The van der Waals surface area contributed by atoms with Crippen LogP contribution in [0.15, 0.2) is 36.4 Å². The maximum atomic E-state index is 13.5. The predicted molar refractivity (Wildman–Crippen MR) is 100 cm³/mol. The summed E-state index contributed by atoms with van der Waals surface area (Å²) in [6, 6.07) is 8.83. The van der Waals surface area contributed by atoms with Gasteiger partial charge in [0, 0.05) is 29.8 Å². The van der Waals surface area contributed by atoms with Crippen molar-refractivity contribution < 1.29 is 23.0 Å². The Morgan fingerprint density at radius 3 is 2.46 bits per heavy atom. The Hall–Kier alpha value is -2.67. The Morgan fingerprint density at radius 2 is 1.75 bits per heavy atom. The van der Waals surface area contributed by atoms with Crippen LogP contribution in [0.5, 0.6) is 11.5 Å². The molecule has 4 rings (SSSR count). The van der Waals surface area contributed by atoms with Crippen LogP contribution in [0.25, 0.3) is 0 Å². The summed E-state index contributed by atoms with van der Waals surface area (Å²) in [4.78, 5) is 14.8. The summed E-state index contributed by atoms with van der Waals surface area (Å²) < 4.78 is 37.6. The van der Waals surface area contributed by atoms with E-state index in [0.29, 0.717) is 48.7 Å². The molecule has 0 saturated carbocycles. The number of benzene rings is 2. The van der Waals surface area contributed by atoms with Crippen molar-refractivity contribution in [1.82, 2.24) is 4.90 Å². The number of halogens is 2. The molecule has 0 spiro atoms. The molecule has 0 bridgehead atoms. The van der Waals surface area contributed by atoms with Crippen molar-refractivity contribution in [3.63, 3.8) is 0 Å². The molecule has 7 heteroatoms. The van der Waals surface area contributed by atoms with Crippen LogP contribution in [0.3, 0.4) is 0 Å². The van der Waals surface area contributed by atoms with Crippen molar-refractivity contribution in [1.29, 1.82) is 0 Å². The van der Waals surface area contributed by atoms with Crippen LogP contribution in [-0.4, -0.2) is 30.7 Å². The number of amides is 1. The number of likely N-dealkylation sites (tertiary alicyclic amines) is 1. The first kappa shape index (κ1) is 18.7. The summed E-state index contributed by atoms with van der Waals surface area (Å²) in [5, 5.41) is 2.94. The van der Waals surface area contributed by atoms with Gasteiger partial charge in [0.15, 0.2) is 11.5 Å². The number of hydrogen-bond donors (Lipinski definition) is 1. The SMILES string of the molecule is CC(c1cc(F)cc(F)c1)N1CCC(C(=O)Nc2ccc3c(c2)OCO3)CC1. The molecule has 148 valence electrons. The van der Waals surface area contributed by atoms with Gasteiger partial charge in [0.1, 0.15) is 11.6 Å². The number of piperidine rings is 1. The van der Waals surface area contributed by atoms with Crippen LogP contribution in [0.4, 0.5) is 14.5 Å². The highest BCUT2D eigenvalue weighted by molar-refractivity contribution is 5.93. The van der Waals surface area contributed by atoms with Crippen LogP contribution in [-0.2, 0) is 4.79 Å². The summed E-state index contributed by atoms with van der Waals surface area (Å²) in [5.41, 5.74) is 1.29. The highest BCUT2D eigenvalue weighted by Gasteiger charge is 2.28. The van der Waals surface area contributed by atoms with E-state index in [1.165, 1.54) is 12.1 Å². The molecule has 0 aliphatic carbocycles. The number of carbonyl (C=O) groups excluding carboxylic acids is 1. The van der Waals surface area contributed by atoms with E-state index >= 15 is 0 Å². The third kappa shape index (κ3) is 3.94. The van der Waals surface area contributed by atoms with E-state index in [4.69, 9.17) is 9.47 Å². The third-order valence-electron chi connectivity index (χ3n) is 5.46.